The minimum atomic E-state index is -3.70. The Bertz CT molecular complexity index is 589. The zero-order valence-corrected chi connectivity index (χ0v) is 11.2. The lowest BCUT2D eigenvalue weighted by Gasteiger charge is -2.18. The van der Waals surface area contributed by atoms with Crippen LogP contribution in [0.1, 0.15) is 19.4 Å². The van der Waals surface area contributed by atoms with Crippen molar-refractivity contribution in [2.45, 2.75) is 19.4 Å². The second-order valence-corrected chi connectivity index (χ2v) is 5.82. The van der Waals surface area contributed by atoms with E-state index in [9.17, 15) is 13.2 Å². The van der Waals surface area contributed by atoms with Crippen LogP contribution < -0.4 is 0 Å². The molecule has 0 heterocycles. The highest BCUT2D eigenvalue weighted by Gasteiger charge is 2.31. The maximum atomic E-state index is 11.8. The van der Waals surface area contributed by atoms with Gasteiger partial charge >= 0.3 is 0 Å². The topological polar surface area (TPSA) is 60.4 Å². The molecule has 0 unspecified atom stereocenters. The molecule has 0 fully saturated rings. The van der Waals surface area contributed by atoms with Crippen LogP contribution in [0.4, 0.5) is 0 Å². The Labute approximate surface area is 107 Å². The Hall–Kier alpha value is -1.64. The van der Waals surface area contributed by atoms with Gasteiger partial charge in [-0.15, -0.1) is 0 Å². The third-order valence-corrected chi connectivity index (χ3v) is 2.72. The smallest absolute Gasteiger partial charge is 0.265 e. The highest BCUT2D eigenvalue weighted by Crippen LogP contribution is 2.13. The number of rotatable bonds is 3. The summed E-state index contributed by atoms with van der Waals surface area (Å²) in [6, 6.07) is 8.94. The van der Waals surface area contributed by atoms with Crippen molar-refractivity contribution in [1.82, 2.24) is 0 Å². The Morgan fingerprint density at radius 3 is 2.28 bits per heavy atom. The van der Waals surface area contributed by atoms with Crippen molar-refractivity contribution in [3.63, 3.8) is 0 Å². The molecule has 0 aliphatic heterocycles. The highest BCUT2D eigenvalue weighted by atomic mass is 32.2. The number of benzene rings is 1. The average Bonchev–Trinajstić information content (AvgIpc) is 2.24. The lowest BCUT2D eigenvalue weighted by Crippen LogP contribution is -2.36. The van der Waals surface area contributed by atoms with Crippen molar-refractivity contribution in [1.29, 1.82) is 0 Å². The molecule has 1 aromatic rings. The van der Waals surface area contributed by atoms with E-state index in [0.717, 1.165) is 6.26 Å². The van der Waals surface area contributed by atoms with Gasteiger partial charge in [0, 0.05) is 5.56 Å². The standard InChI is InChI=1S/C13H14O4S/c1-13(2,17-18(3,15)16)12(14)10-9-11-7-5-4-6-8-11/h4-8H,1-3H3. The summed E-state index contributed by atoms with van der Waals surface area (Å²) < 4.78 is 26.7. The number of carbonyl (C=O) groups is 1. The van der Waals surface area contributed by atoms with Crippen molar-refractivity contribution in [2.24, 2.45) is 0 Å². The van der Waals surface area contributed by atoms with E-state index >= 15 is 0 Å². The van der Waals surface area contributed by atoms with Gasteiger partial charge in [0.2, 0.25) is 5.78 Å². The fourth-order valence-electron chi connectivity index (χ4n) is 1.22. The second kappa shape index (κ2) is 5.34. The lowest BCUT2D eigenvalue weighted by atomic mass is 10.0. The molecule has 0 bridgehead atoms. The maximum absolute atomic E-state index is 11.8. The fraction of sp³-hybridized carbons (Fsp3) is 0.308. The van der Waals surface area contributed by atoms with Crippen molar-refractivity contribution in [3.8, 4) is 11.8 Å². The van der Waals surface area contributed by atoms with E-state index in [1.165, 1.54) is 13.8 Å². The number of ketones is 1. The molecule has 1 aromatic carbocycles. The molecule has 0 aromatic heterocycles. The highest BCUT2D eigenvalue weighted by molar-refractivity contribution is 7.86. The number of hydrogen-bond acceptors (Lipinski definition) is 4. The Morgan fingerprint density at radius 1 is 1.22 bits per heavy atom. The predicted octanol–water partition coefficient (Wildman–Crippen LogP) is 1.36. The van der Waals surface area contributed by atoms with Crippen LogP contribution in [0, 0.1) is 11.8 Å². The minimum absolute atomic E-state index is 0.586. The van der Waals surface area contributed by atoms with Gasteiger partial charge in [-0.3, -0.25) is 8.98 Å². The second-order valence-electron chi connectivity index (χ2n) is 4.24. The summed E-state index contributed by atoms with van der Waals surface area (Å²) in [5.74, 6) is 4.46. The van der Waals surface area contributed by atoms with Gasteiger partial charge in [0.25, 0.3) is 10.1 Å². The third-order valence-electron chi connectivity index (χ3n) is 2.00. The molecule has 1 rings (SSSR count). The summed E-state index contributed by atoms with van der Waals surface area (Å²) in [6.45, 7) is 2.74. The first kappa shape index (κ1) is 14.4. The number of carbonyl (C=O) groups excluding carboxylic acids is 1. The molecule has 18 heavy (non-hydrogen) atoms. The summed E-state index contributed by atoms with van der Waals surface area (Å²) in [6.07, 6.45) is 0.895. The lowest BCUT2D eigenvalue weighted by molar-refractivity contribution is -0.125. The molecule has 96 valence electrons. The van der Waals surface area contributed by atoms with E-state index in [4.69, 9.17) is 4.18 Å². The number of Topliss-reactive ketones (excluding diaryl/α,β-unsaturated/α-hetero) is 1. The van der Waals surface area contributed by atoms with E-state index in [2.05, 4.69) is 11.8 Å². The molecular weight excluding hydrogens is 252 g/mol. The molecule has 4 nitrogen and oxygen atoms in total. The Kier molecular flexibility index (Phi) is 4.28. The summed E-state index contributed by atoms with van der Waals surface area (Å²) >= 11 is 0. The van der Waals surface area contributed by atoms with Crippen LogP contribution in [0.2, 0.25) is 0 Å². The quantitative estimate of drug-likeness (QED) is 0.612. The first-order valence-corrected chi connectivity index (χ1v) is 7.04. The van der Waals surface area contributed by atoms with Crippen LogP contribution in [-0.4, -0.2) is 26.1 Å². The zero-order chi connectivity index (χ0) is 13.8. The van der Waals surface area contributed by atoms with Gasteiger partial charge in [0.05, 0.1) is 6.26 Å². The molecule has 0 aliphatic carbocycles. The Morgan fingerprint density at radius 2 is 1.78 bits per heavy atom. The van der Waals surface area contributed by atoms with Gasteiger partial charge in [-0.05, 0) is 31.9 Å². The predicted molar refractivity (Wildman–Crippen MR) is 68.3 cm³/mol. The van der Waals surface area contributed by atoms with Gasteiger partial charge in [0.15, 0.2) is 5.60 Å². The van der Waals surface area contributed by atoms with Crippen molar-refractivity contribution in [3.05, 3.63) is 35.9 Å². The van der Waals surface area contributed by atoms with Crippen molar-refractivity contribution >= 4 is 15.9 Å². The normalized spacial score (nSPS) is 11.5. The average molecular weight is 266 g/mol. The van der Waals surface area contributed by atoms with Crippen LogP contribution in [0.5, 0.6) is 0 Å². The van der Waals surface area contributed by atoms with E-state index < -0.39 is 21.5 Å². The van der Waals surface area contributed by atoms with Gasteiger partial charge in [-0.1, -0.05) is 24.1 Å². The first-order valence-electron chi connectivity index (χ1n) is 5.23. The van der Waals surface area contributed by atoms with Crippen molar-refractivity contribution in [2.75, 3.05) is 6.26 Å². The largest absolute Gasteiger partial charge is 0.282 e. The van der Waals surface area contributed by atoms with Crippen LogP contribution in [0.25, 0.3) is 0 Å². The monoisotopic (exact) mass is 266 g/mol. The molecule has 0 aliphatic rings. The van der Waals surface area contributed by atoms with Crippen LogP contribution in [-0.2, 0) is 19.1 Å². The van der Waals surface area contributed by atoms with E-state index in [0.29, 0.717) is 5.56 Å². The molecule has 0 atom stereocenters. The maximum Gasteiger partial charge on any atom is 0.265 e. The first-order chi connectivity index (χ1) is 8.21. The van der Waals surface area contributed by atoms with Gasteiger partial charge in [-0.25, -0.2) is 0 Å². The molecule has 0 saturated carbocycles. The summed E-state index contributed by atoms with van der Waals surface area (Å²) in [7, 11) is -3.70. The van der Waals surface area contributed by atoms with Crippen LogP contribution in [0.15, 0.2) is 30.3 Å². The van der Waals surface area contributed by atoms with Crippen LogP contribution >= 0.6 is 0 Å². The summed E-state index contributed by atoms with van der Waals surface area (Å²) in [4.78, 5) is 11.8. The van der Waals surface area contributed by atoms with Gasteiger partial charge < -0.3 is 0 Å². The molecule has 0 spiro atoms. The Balaban J connectivity index is 2.87. The number of hydrogen-bond donors (Lipinski definition) is 0. The van der Waals surface area contributed by atoms with E-state index in [-0.39, 0.29) is 0 Å². The molecule has 0 saturated heterocycles. The van der Waals surface area contributed by atoms with Gasteiger partial charge in [0.1, 0.15) is 0 Å². The molecule has 5 heteroatoms. The fourth-order valence-corrected chi connectivity index (χ4v) is 2.05. The van der Waals surface area contributed by atoms with Crippen molar-refractivity contribution < 1.29 is 17.4 Å². The molecule has 0 radical (unpaired) electrons. The zero-order valence-electron chi connectivity index (χ0n) is 10.4. The van der Waals surface area contributed by atoms with E-state index in [1.54, 1.807) is 24.3 Å². The SMILES string of the molecule is CC(C)(OS(C)(=O)=O)C(=O)C#Cc1ccccc1. The summed E-state index contributed by atoms with van der Waals surface area (Å²) in [5.41, 5.74) is -0.795. The molecular formula is C13H14O4S. The minimum Gasteiger partial charge on any atom is -0.282 e. The van der Waals surface area contributed by atoms with E-state index in [1.807, 2.05) is 6.07 Å². The van der Waals surface area contributed by atoms with Crippen LogP contribution in [0.3, 0.4) is 0 Å². The van der Waals surface area contributed by atoms with Gasteiger partial charge in [-0.2, -0.15) is 8.42 Å². The molecule has 0 amide bonds. The summed E-state index contributed by atoms with van der Waals surface area (Å²) in [5, 5.41) is 0. The molecule has 0 N–H and O–H groups in total. The third kappa shape index (κ3) is 4.70.